The Morgan fingerprint density at radius 3 is 2.79 bits per heavy atom. The first-order valence-corrected chi connectivity index (χ1v) is 9.15. The Bertz CT molecular complexity index is 1010. The van der Waals surface area contributed by atoms with E-state index in [-0.39, 0.29) is 12.7 Å². The number of nitrogens with zero attached hydrogens (tertiary/aromatic N) is 2. The molecule has 0 saturated carbocycles. The van der Waals surface area contributed by atoms with Crippen LogP contribution in [0.5, 0.6) is 11.5 Å². The van der Waals surface area contributed by atoms with Crippen molar-refractivity contribution in [3.8, 4) is 11.5 Å². The Hall–Kier alpha value is -2.99. The molecule has 0 aliphatic carbocycles. The Labute approximate surface area is 168 Å². The molecule has 0 radical (unpaired) electrons. The summed E-state index contributed by atoms with van der Waals surface area (Å²) < 4.78 is 18.1. The van der Waals surface area contributed by atoms with E-state index in [1.807, 2.05) is 26.0 Å². The van der Waals surface area contributed by atoms with Gasteiger partial charge in [0, 0.05) is 18.5 Å². The molecule has 6 nitrogen and oxygen atoms in total. The fourth-order valence-corrected chi connectivity index (χ4v) is 2.75. The molecule has 146 valence electrons. The molecule has 2 heterocycles. The van der Waals surface area contributed by atoms with E-state index in [4.69, 9.17) is 25.8 Å². The molecule has 0 N–H and O–H groups in total. The Morgan fingerprint density at radius 1 is 1.21 bits per heavy atom. The van der Waals surface area contributed by atoms with Gasteiger partial charge in [-0.1, -0.05) is 17.7 Å². The smallest absolute Gasteiger partial charge is 0.331 e. The second-order valence-electron chi connectivity index (χ2n) is 6.36. The SMILES string of the molecule is COc1cc(/C=C/C(=O)OCc2cn3cc(Cl)ccc3n2)ccc1OC(C)C. The average Bonchev–Trinajstić information content (AvgIpc) is 3.07. The van der Waals surface area contributed by atoms with Gasteiger partial charge in [-0.25, -0.2) is 9.78 Å². The number of esters is 1. The summed E-state index contributed by atoms with van der Waals surface area (Å²) >= 11 is 5.95. The van der Waals surface area contributed by atoms with Crippen molar-refractivity contribution in [1.82, 2.24) is 9.38 Å². The third-order valence-electron chi connectivity index (χ3n) is 3.79. The molecule has 0 aliphatic rings. The van der Waals surface area contributed by atoms with Crippen LogP contribution >= 0.6 is 11.6 Å². The van der Waals surface area contributed by atoms with Crippen molar-refractivity contribution in [2.24, 2.45) is 0 Å². The van der Waals surface area contributed by atoms with Crippen LogP contribution in [0.25, 0.3) is 11.7 Å². The van der Waals surface area contributed by atoms with Gasteiger partial charge >= 0.3 is 5.97 Å². The topological polar surface area (TPSA) is 62.1 Å². The highest BCUT2D eigenvalue weighted by Crippen LogP contribution is 2.29. The van der Waals surface area contributed by atoms with Gasteiger partial charge in [-0.05, 0) is 49.8 Å². The van der Waals surface area contributed by atoms with Crippen molar-refractivity contribution in [3.63, 3.8) is 0 Å². The molecular formula is C21H21ClN2O4. The quantitative estimate of drug-likeness (QED) is 0.430. The molecule has 0 saturated heterocycles. The second kappa shape index (κ2) is 8.80. The van der Waals surface area contributed by atoms with E-state index < -0.39 is 5.97 Å². The number of hydrogen-bond acceptors (Lipinski definition) is 5. The molecule has 3 rings (SSSR count). The zero-order valence-electron chi connectivity index (χ0n) is 15.9. The fourth-order valence-electron chi connectivity index (χ4n) is 2.58. The normalized spacial score (nSPS) is 11.3. The largest absolute Gasteiger partial charge is 0.493 e. The molecule has 2 aromatic heterocycles. The molecule has 3 aromatic rings. The van der Waals surface area contributed by atoms with Crippen LogP contribution in [0.3, 0.4) is 0 Å². The number of hydrogen-bond donors (Lipinski definition) is 0. The molecule has 0 fully saturated rings. The van der Waals surface area contributed by atoms with E-state index in [2.05, 4.69) is 4.98 Å². The summed E-state index contributed by atoms with van der Waals surface area (Å²) in [5, 5.41) is 0.608. The third kappa shape index (κ3) is 5.04. The van der Waals surface area contributed by atoms with Crippen molar-refractivity contribution in [2.45, 2.75) is 26.6 Å². The van der Waals surface area contributed by atoms with Gasteiger partial charge in [-0.2, -0.15) is 0 Å². The third-order valence-corrected chi connectivity index (χ3v) is 4.01. The maximum atomic E-state index is 12.0. The molecule has 28 heavy (non-hydrogen) atoms. The molecule has 0 bridgehead atoms. The summed E-state index contributed by atoms with van der Waals surface area (Å²) in [4.78, 5) is 16.4. The van der Waals surface area contributed by atoms with Gasteiger partial charge in [-0.3, -0.25) is 0 Å². The van der Waals surface area contributed by atoms with E-state index in [9.17, 15) is 4.79 Å². The van der Waals surface area contributed by atoms with Gasteiger partial charge in [0.25, 0.3) is 0 Å². The lowest BCUT2D eigenvalue weighted by atomic mass is 10.2. The minimum absolute atomic E-state index is 0.0425. The number of imidazole rings is 1. The van der Waals surface area contributed by atoms with Crippen LogP contribution < -0.4 is 9.47 Å². The van der Waals surface area contributed by atoms with Crippen LogP contribution in [0.4, 0.5) is 0 Å². The summed E-state index contributed by atoms with van der Waals surface area (Å²) in [6.45, 7) is 3.97. The van der Waals surface area contributed by atoms with Crippen molar-refractivity contribution in [2.75, 3.05) is 7.11 Å². The molecule has 0 atom stereocenters. The monoisotopic (exact) mass is 400 g/mol. The van der Waals surface area contributed by atoms with Crippen LogP contribution in [0.15, 0.2) is 48.8 Å². The summed E-state index contributed by atoms with van der Waals surface area (Å²) in [6.07, 6.45) is 6.59. The number of methoxy groups -OCH3 is 1. The van der Waals surface area contributed by atoms with Crippen molar-refractivity contribution >= 4 is 29.3 Å². The van der Waals surface area contributed by atoms with E-state index in [0.29, 0.717) is 22.2 Å². The molecular weight excluding hydrogens is 380 g/mol. The van der Waals surface area contributed by atoms with Crippen molar-refractivity contribution < 1.29 is 19.0 Å². The molecule has 0 aliphatic heterocycles. The van der Waals surface area contributed by atoms with E-state index in [1.165, 1.54) is 6.08 Å². The number of halogens is 1. The zero-order chi connectivity index (χ0) is 20.1. The second-order valence-corrected chi connectivity index (χ2v) is 6.80. The number of pyridine rings is 1. The van der Waals surface area contributed by atoms with Gasteiger partial charge < -0.3 is 18.6 Å². The van der Waals surface area contributed by atoms with Gasteiger partial charge in [0.2, 0.25) is 0 Å². The molecule has 0 spiro atoms. The van der Waals surface area contributed by atoms with Crippen LogP contribution in [0.2, 0.25) is 5.02 Å². The predicted octanol–water partition coefficient (Wildman–Crippen LogP) is 4.54. The van der Waals surface area contributed by atoms with Crippen LogP contribution in [0.1, 0.15) is 25.1 Å². The zero-order valence-corrected chi connectivity index (χ0v) is 16.6. The average molecular weight is 401 g/mol. The first-order chi connectivity index (χ1) is 13.4. The van der Waals surface area contributed by atoms with Gasteiger partial charge in [0.15, 0.2) is 11.5 Å². The maximum Gasteiger partial charge on any atom is 0.331 e. The molecule has 7 heteroatoms. The van der Waals surface area contributed by atoms with Gasteiger partial charge in [0.1, 0.15) is 12.3 Å². The standard InChI is InChI=1S/C21H21ClN2O4/c1-14(2)28-18-7-4-15(10-19(18)26-3)5-9-21(25)27-13-17-12-24-11-16(22)6-8-20(24)23-17/h4-12,14H,13H2,1-3H3/b9-5+. The number of fused-ring (bicyclic) bond motifs is 1. The lowest BCUT2D eigenvalue weighted by molar-refractivity contribution is -0.139. The Morgan fingerprint density at radius 2 is 2.04 bits per heavy atom. The van der Waals surface area contributed by atoms with E-state index in [0.717, 1.165) is 11.2 Å². The summed E-state index contributed by atoms with van der Waals surface area (Å²) in [7, 11) is 1.58. The Kier molecular flexibility index (Phi) is 6.21. The molecule has 1 aromatic carbocycles. The lowest BCUT2D eigenvalue weighted by Gasteiger charge is -2.13. The number of carbonyl (C=O) groups excluding carboxylic acids is 1. The Balaban J connectivity index is 1.61. The van der Waals surface area contributed by atoms with Crippen molar-refractivity contribution in [1.29, 1.82) is 0 Å². The number of aromatic nitrogens is 2. The van der Waals surface area contributed by atoms with Crippen molar-refractivity contribution in [3.05, 3.63) is 65.1 Å². The minimum atomic E-state index is -0.462. The van der Waals surface area contributed by atoms with Gasteiger partial charge in [0.05, 0.1) is 23.9 Å². The van der Waals surface area contributed by atoms with Gasteiger partial charge in [-0.15, -0.1) is 0 Å². The first kappa shape index (κ1) is 19.8. The molecule has 0 unspecified atom stereocenters. The summed E-state index contributed by atoms with van der Waals surface area (Å²) in [5.41, 5.74) is 2.18. The van der Waals surface area contributed by atoms with Crippen LogP contribution in [-0.2, 0) is 16.1 Å². The number of benzene rings is 1. The van der Waals surface area contributed by atoms with E-state index >= 15 is 0 Å². The number of carbonyl (C=O) groups is 1. The minimum Gasteiger partial charge on any atom is -0.493 e. The highest BCUT2D eigenvalue weighted by molar-refractivity contribution is 6.30. The maximum absolute atomic E-state index is 12.0. The number of ether oxygens (including phenoxy) is 3. The highest BCUT2D eigenvalue weighted by Gasteiger charge is 2.08. The fraction of sp³-hybridized carbons (Fsp3) is 0.238. The summed E-state index contributed by atoms with van der Waals surface area (Å²) in [6, 6.07) is 9.01. The van der Waals surface area contributed by atoms with Crippen LogP contribution in [-0.4, -0.2) is 28.6 Å². The number of rotatable bonds is 7. The molecule has 0 amide bonds. The van der Waals surface area contributed by atoms with Crippen LogP contribution in [0, 0.1) is 0 Å². The first-order valence-electron chi connectivity index (χ1n) is 8.77. The lowest BCUT2D eigenvalue weighted by Crippen LogP contribution is -2.06. The van der Waals surface area contributed by atoms with E-state index in [1.54, 1.807) is 48.2 Å². The summed E-state index contributed by atoms with van der Waals surface area (Å²) in [5.74, 6) is 0.799. The highest BCUT2D eigenvalue weighted by atomic mass is 35.5. The predicted molar refractivity (Wildman–Crippen MR) is 108 cm³/mol.